The van der Waals surface area contributed by atoms with Crippen LogP contribution in [0, 0.1) is 11.8 Å². The molecule has 0 aromatic heterocycles. The van der Waals surface area contributed by atoms with Crippen LogP contribution in [0.3, 0.4) is 0 Å². The van der Waals surface area contributed by atoms with Crippen LogP contribution in [-0.2, 0) is 42.9 Å². The van der Waals surface area contributed by atoms with E-state index in [4.69, 9.17) is 23.7 Å². The lowest BCUT2D eigenvalue weighted by Crippen LogP contribution is -2.59. The van der Waals surface area contributed by atoms with Crippen LogP contribution in [0.5, 0.6) is 0 Å². The number of carbonyl (C=O) groups excluding carboxylic acids is 4. The zero-order valence-corrected chi connectivity index (χ0v) is 21.0. The van der Waals surface area contributed by atoms with E-state index in [2.05, 4.69) is 11.8 Å². The molecule has 2 aromatic carbocycles. The van der Waals surface area contributed by atoms with Crippen LogP contribution in [0.15, 0.2) is 54.6 Å². The summed E-state index contributed by atoms with van der Waals surface area (Å²) in [5, 5.41) is 0. The Bertz CT molecular complexity index is 1190. The summed E-state index contributed by atoms with van der Waals surface area (Å²) in [5.41, 5.74) is 2.06. The lowest BCUT2D eigenvalue weighted by atomic mass is 9.90. The van der Waals surface area contributed by atoms with E-state index in [0.29, 0.717) is 11.1 Å². The zero-order chi connectivity index (χ0) is 26.9. The molecule has 0 aliphatic carbocycles. The summed E-state index contributed by atoms with van der Waals surface area (Å²) in [5.74, 6) is 3.56. The van der Waals surface area contributed by atoms with Gasteiger partial charge in [0.15, 0.2) is 18.3 Å². The molecule has 0 saturated carbocycles. The Labute approximate surface area is 215 Å². The van der Waals surface area contributed by atoms with Crippen molar-refractivity contribution in [1.82, 2.24) is 0 Å². The molecule has 0 spiro atoms. The maximum Gasteiger partial charge on any atom is 0.303 e. The molecule has 1 aliphatic rings. The Morgan fingerprint density at radius 1 is 0.703 bits per heavy atom. The van der Waals surface area contributed by atoms with E-state index in [1.807, 2.05) is 36.4 Å². The van der Waals surface area contributed by atoms with Crippen LogP contribution < -0.4 is 0 Å². The predicted molar refractivity (Wildman–Crippen MR) is 130 cm³/mol. The highest BCUT2D eigenvalue weighted by Gasteiger charge is 2.52. The minimum Gasteiger partial charge on any atom is -0.463 e. The number of benzene rings is 2. The molecular weight excluding hydrogens is 480 g/mol. The van der Waals surface area contributed by atoms with Crippen molar-refractivity contribution in [2.24, 2.45) is 0 Å². The number of rotatable bonds is 6. The van der Waals surface area contributed by atoms with Gasteiger partial charge in [0.05, 0.1) is 0 Å². The fourth-order valence-corrected chi connectivity index (χ4v) is 3.96. The van der Waals surface area contributed by atoms with Crippen molar-refractivity contribution in [3.8, 4) is 11.8 Å². The van der Waals surface area contributed by atoms with Crippen molar-refractivity contribution in [2.45, 2.75) is 58.2 Å². The Morgan fingerprint density at radius 2 is 1.27 bits per heavy atom. The third-order valence-electron chi connectivity index (χ3n) is 5.33. The van der Waals surface area contributed by atoms with Gasteiger partial charge in [-0.25, -0.2) is 0 Å². The third kappa shape index (κ3) is 7.92. The lowest BCUT2D eigenvalue weighted by molar-refractivity contribution is -0.254. The molecule has 1 aliphatic heterocycles. The van der Waals surface area contributed by atoms with E-state index in [0.717, 1.165) is 5.56 Å². The normalized spacial score (nSPS) is 22.5. The SMILES string of the molecule is CC(=O)OCC1OC(c2cccc(C#Cc3ccccc3)c2)C(OC(C)=O)C(OC(C)=O)C1OC(C)=O. The first-order chi connectivity index (χ1) is 17.6. The molecule has 0 radical (unpaired) electrons. The van der Waals surface area contributed by atoms with Crippen LogP contribution in [0.25, 0.3) is 0 Å². The van der Waals surface area contributed by atoms with Crippen LogP contribution in [0.4, 0.5) is 0 Å². The molecule has 1 heterocycles. The zero-order valence-electron chi connectivity index (χ0n) is 21.0. The van der Waals surface area contributed by atoms with Crippen molar-refractivity contribution in [3.63, 3.8) is 0 Å². The minimum absolute atomic E-state index is 0.290. The topological polar surface area (TPSA) is 114 Å². The second-order valence-corrected chi connectivity index (χ2v) is 8.36. The maximum atomic E-state index is 12.1. The smallest absolute Gasteiger partial charge is 0.303 e. The maximum absolute atomic E-state index is 12.1. The largest absolute Gasteiger partial charge is 0.463 e. The van der Waals surface area contributed by atoms with Gasteiger partial charge in [-0.2, -0.15) is 0 Å². The number of carbonyl (C=O) groups is 4. The summed E-state index contributed by atoms with van der Waals surface area (Å²) in [6, 6.07) is 16.5. The molecule has 9 nitrogen and oxygen atoms in total. The molecule has 2 aromatic rings. The minimum atomic E-state index is -1.23. The van der Waals surface area contributed by atoms with Crippen molar-refractivity contribution >= 4 is 23.9 Å². The van der Waals surface area contributed by atoms with Crippen molar-refractivity contribution < 1.29 is 42.9 Å². The van der Waals surface area contributed by atoms with Crippen molar-refractivity contribution in [3.05, 3.63) is 71.3 Å². The van der Waals surface area contributed by atoms with Crippen molar-refractivity contribution in [2.75, 3.05) is 6.61 Å². The Balaban J connectivity index is 2.04. The van der Waals surface area contributed by atoms with Gasteiger partial charge in [0, 0.05) is 38.8 Å². The summed E-state index contributed by atoms with van der Waals surface area (Å²) in [4.78, 5) is 47.5. The first kappa shape index (κ1) is 27.4. The van der Waals surface area contributed by atoms with E-state index >= 15 is 0 Å². The average Bonchev–Trinajstić information content (AvgIpc) is 2.84. The summed E-state index contributed by atoms with van der Waals surface area (Å²) >= 11 is 0. The quantitative estimate of drug-likeness (QED) is 0.330. The number of esters is 4. The van der Waals surface area contributed by atoms with E-state index < -0.39 is 54.4 Å². The molecule has 37 heavy (non-hydrogen) atoms. The molecule has 5 atom stereocenters. The molecule has 3 rings (SSSR count). The molecule has 5 unspecified atom stereocenters. The van der Waals surface area contributed by atoms with Gasteiger partial charge < -0.3 is 23.7 Å². The second-order valence-electron chi connectivity index (χ2n) is 8.36. The third-order valence-corrected chi connectivity index (χ3v) is 5.33. The highest BCUT2D eigenvalue weighted by atomic mass is 16.7. The molecular formula is C28H28O9. The highest BCUT2D eigenvalue weighted by Crippen LogP contribution is 2.37. The van der Waals surface area contributed by atoms with Gasteiger partial charge in [-0.3, -0.25) is 19.2 Å². The van der Waals surface area contributed by atoms with Crippen LogP contribution in [-0.4, -0.2) is 54.9 Å². The van der Waals surface area contributed by atoms with Crippen LogP contribution in [0.2, 0.25) is 0 Å². The highest BCUT2D eigenvalue weighted by molar-refractivity contribution is 5.69. The fraction of sp³-hybridized carbons (Fsp3) is 0.357. The van der Waals surface area contributed by atoms with Gasteiger partial charge in [-0.05, 0) is 29.8 Å². The van der Waals surface area contributed by atoms with Gasteiger partial charge in [-0.15, -0.1) is 0 Å². The summed E-state index contributed by atoms with van der Waals surface area (Å²) < 4.78 is 27.8. The summed E-state index contributed by atoms with van der Waals surface area (Å²) in [7, 11) is 0. The van der Waals surface area contributed by atoms with E-state index in [1.54, 1.807) is 18.2 Å². The monoisotopic (exact) mass is 508 g/mol. The average molecular weight is 509 g/mol. The Hall–Kier alpha value is -4.16. The van der Waals surface area contributed by atoms with Gasteiger partial charge in [-0.1, -0.05) is 42.2 Å². The molecule has 0 bridgehead atoms. The number of hydrogen-bond donors (Lipinski definition) is 0. The van der Waals surface area contributed by atoms with Gasteiger partial charge in [0.1, 0.15) is 18.8 Å². The molecule has 1 fully saturated rings. The van der Waals surface area contributed by atoms with E-state index in [-0.39, 0.29) is 6.61 Å². The first-order valence-electron chi connectivity index (χ1n) is 11.6. The number of hydrogen-bond acceptors (Lipinski definition) is 9. The van der Waals surface area contributed by atoms with Crippen LogP contribution in [0.1, 0.15) is 50.5 Å². The predicted octanol–water partition coefficient (Wildman–Crippen LogP) is 2.88. The standard InChI is InChI=1S/C28H28O9/c1-17(29)33-16-24-26(34-18(2)30)28(36-20(4)32)27(35-19(3)31)25(37-24)23-12-8-11-22(15-23)14-13-21-9-6-5-7-10-21/h5-12,15,24-28H,16H2,1-4H3. The molecule has 9 heteroatoms. The van der Waals surface area contributed by atoms with E-state index in [9.17, 15) is 19.2 Å². The molecule has 1 saturated heterocycles. The van der Waals surface area contributed by atoms with Crippen molar-refractivity contribution in [1.29, 1.82) is 0 Å². The first-order valence-corrected chi connectivity index (χ1v) is 11.6. The summed E-state index contributed by atoms with van der Waals surface area (Å²) in [6.45, 7) is 4.50. The molecule has 194 valence electrons. The van der Waals surface area contributed by atoms with Gasteiger partial charge >= 0.3 is 23.9 Å². The lowest BCUT2D eigenvalue weighted by Gasteiger charge is -2.44. The second kappa shape index (κ2) is 12.7. The molecule has 0 amide bonds. The Kier molecular flexibility index (Phi) is 9.41. The Morgan fingerprint density at radius 3 is 1.89 bits per heavy atom. The number of ether oxygens (including phenoxy) is 5. The summed E-state index contributed by atoms with van der Waals surface area (Å²) in [6.07, 6.45) is -5.59. The van der Waals surface area contributed by atoms with E-state index in [1.165, 1.54) is 27.7 Å². The van der Waals surface area contributed by atoms with Gasteiger partial charge in [0.25, 0.3) is 0 Å². The van der Waals surface area contributed by atoms with Gasteiger partial charge in [0.2, 0.25) is 0 Å². The van der Waals surface area contributed by atoms with Crippen LogP contribution >= 0.6 is 0 Å². The fourth-order valence-electron chi connectivity index (χ4n) is 3.96. The molecule has 0 N–H and O–H groups in total.